The van der Waals surface area contributed by atoms with Gasteiger partial charge in [-0.15, -0.1) is 9.24 Å². The second-order valence-corrected chi connectivity index (χ2v) is 1.41. The Labute approximate surface area is 57.3 Å². The molecule has 0 aliphatic heterocycles. The van der Waals surface area contributed by atoms with Gasteiger partial charge in [-0.2, -0.15) is 0 Å². The summed E-state index contributed by atoms with van der Waals surface area (Å²) >= 11 is 0. The summed E-state index contributed by atoms with van der Waals surface area (Å²) in [5, 5.41) is 0. The van der Waals surface area contributed by atoms with Crippen LogP contribution in [0.4, 0.5) is 0 Å². The average Bonchev–Trinajstić information content (AvgIpc) is 1.75. The lowest BCUT2D eigenvalue weighted by molar-refractivity contribution is 1.09. The molecule has 8 heavy (non-hydrogen) atoms. The van der Waals surface area contributed by atoms with Crippen LogP contribution in [0.15, 0.2) is 0 Å². The van der Waals surface area contributed by atoms with Crippen molar-refractivity contribution in [2.45, 2.75) is 40.5 Å². The summed E-state index contributed by atoms with van der Waals surface area (Å²) in [7, 11) is 2.42. The maximum Gasteiger partial charge on any atom is -0.0500 e. The van der Waals surface area contributed by atoms with Crippen LogP contribution in [0, 0.1) is 0 Å². The summed E-state index contributed by atoms with van der Waals surface area (Å²) < 4.78 is 0. The molecule has 0 heterocycles. The van der Waals surface area contributed by atoms with Gasteiger partial charge in [-0.1, -0.05) is 47.2 Å². The van der Waals surface area contributed by atoms with Crippen LogP contribution in [0.5, 0.6) is 0 Å². The number of rotatable bonds is 0. The van der Waals surface area contributed by atoms with Crippen LogP contribution in [-0.4, -0.2) is 6.66 Å². The van der Waals surface area contributed by atoms with Crippen molar-refractivity contribution in [2.75, 3.05) is 6.66 Å². The Balaban J connectivity index is -0.0000000483. The van der Waals surface area contributed by atoms with E-state index in [0.29, 0.717) is 0 Å². The molecule has 0 nitrogen and oxygen atoms in total. The molecule has 1 unspecified atom stereocenters. The van der Waals surface area contributed by atoms with Crippen LogP contribution < -0.4 is 0 Å². The van der Waals surface area contributed by atoms with E-state index in [2.05, 4.69) is 36.9 Å². The Hall–Kier alpha value is 0.430. The molecule has 0 saturated heterocycles. The predicted molar refractivity (Wildman–Crippen MR) is 47.6 cm³/mol. The fourth-order valence-electron chi connectivity index (χ4n) is 0. The lowest BCUT2D eigenvalue weighted by Gasteiger charge is -1.48. The molecule has 0 aromatic rings. The highest BCUT2D eigenvalue weighted by molar-refractivity contribution is 7.15. The molecule has 0 aliphatic rings. The zero-order chi connectivity index (χ0) is 7.41. The third-order valence-corrected chi connectivity index (χ3v) is 0. The van der Waals surface area contributed by atoms with Gasteiger partial charge in [0.05, 0.1) is 0 Å². The van der Waals surface area contributed by atoms with Crippen molar-refractivity contribution < 1.29 is 0 Å². The van der Waals surface area contributed by atoms with E-state index in [0.717, 1.165) is 0 Å². The molecule has 0 N–H and O–H groups in total. The van der Waals surface area contributed by atoms with Gasteiger partial charge < -0.3 is 0 Å². The molecule has 0 radical (unpaired) electrons. The van der Waals surface area contributed by atoms with Gasteiger partial charge in [-0.05, 0) is 0 Å². The first kappa shape index (κ1) is 15.8. The third kappa shape index (κ3) is 1030. The molecule has 0 spiro atoms. The molecule has 0 fully saturated rings. The monoisotopic (exact) mass is 136 g/mol. The second-order valence-electron chi connectivity index (χ2n) is 1.41. The second kappa shape index (κ2) is 52.0. The number of hydrogen-bond donors (Lipinski definition) is 0. The van der Waals surface area contributed by atoms with Crippen molar-refractivity contribution >= 4 is 9.24 Å². The van der Waals surface area contributed by atoms with Crippen LogP contribution in [-0.2, 0) is 0 Å². The minimum absolute atomic E-state index is 1.25. The van der Waals surface area contributed by atoms with Gasteiger partial charge in [0, 0.05) is 0 Å². The smallest absolute Gasteiger partial charge is 0.0500 e. The van der Waals surface area contributed by atoms with E-state index in [1.54, 1.807) is 0 Å². The minimum atomic E-state index is 1.25. The Bertz CT molecular complexity index is 6.35. The number of hydrogen-bond acceptors (Lipinski definition) is 0. The molecule has 0 aromatic heterocycles. The lowest BCUT2D eigenvalue weighted by Crippen LogP contribution is -1.27. The van der Waals surface area contributed by atoms with E-state index in [-0.39, 0.29) is 0 Å². The molecule has 54 valence electrons. The Kier molecular flexibility index (Phi) is 103. The maximum atomic E-state index is 2.42. The molecule has 1 heteroatoms. The molecule has 1 atom stereocenters. The van der Waals surface area contributed by atoms with Crippen molar-refractivity contribution in [2.24, 2.45) is 0 Å². The van der Waals surface area contributed by atoms with E-state index in [1.165, 1.54) is 12.8 Å². The Morgan fingerprint density at radius 1 is 0.750 bits per heavy atom. The lowest BCUT2D eigenvalue weighted by atomic mass is 10.6. The molecule has 0 saturated carbocycles. The zero-order valence-corrected chi connectivity index (χ0v) is 8.15. The van der Waals surface area contributed by atoms with Crippen LogP contribution in [0.2, 0.25) is 0 Å². The summed E-state index contributed by atoms with van der Waals surface area (Å²) in [6.45, 7) is 10.4. The standard InChI is InChI=1S/2C3H8.CH5P/c2*1-3-2;1-2/h2*3H2,1-2H3;2H2,1H3. The van der Waals surface area contributed by atoms with Crippen LogP contribution >= 0.6 is 9.24 Å². The van der Waals surface area contributed by atoms with Crippen LogP contribution in [0.3, 0.4) is 0 Å². The molecule has 0 aromatic carbocycles. The summed E-state index contributed by atoms with van der Waals surface area (Å²) in [5.74, 6) is 0. The van der Waals surface area contributed by atoms with E-state index < -0.39 is 0 Å². The van der Waals surface area contributed by atoms with Gasteiger partial charge in [0.1, 0.15) is 0 Å². The summed E-state index contributed by atoms with van der Waals surface area (Å²) in [5.41, 5.74) is 0. The maximum absolute atomic E-state index is 2.42. The molecule has 0 aliphatic carbocycles. The van der Waals surface area contributed by atoms with Gasteiger partial charge in [-0.25, -0.2) is 0 Å². The Morgan fingerprint density at radius 3 is 0.750 bits per heavy atom. The normalized spacial score (nSPS) is 5.25. The van der Waals surface area contributed by atoms with Gasteiger partial charge >= 0.3 is 0 Å². The van der Waals surface area contributed by atoms with Gasteiger partial charge in [0.25, 0.3) is 0 Å². The summed E-state index contributed by atoms with van der Waals surface area (Å²) in [4.78, 5) is 0. The third-order valence-electron chi connectivity index (χ3n) is 0. The van der Waals surface area contributed by atoms with Gasteiger partial charge in [-0.3, -0.25) is 0 Å². The zero-order valence-electron chi connectivity index (χ0n) is 6.99. The van der Waals surface area contributed by atoms with Gasteiger partial charge in [0.2, 0.25) is 0 Å². The predicted octanol–water partition coefficient (Wildman–Crippen LogP) is 3.32. The van der Waals surface area contributed by atoms with Crippen LogP contribution in [0.25, 0.3) is 0 Å². The van der Waals surface area contributed by atoms with E-state index in [9.17, 15) is 0 Å². The van der Waals surface area contributed by atoms with E-state index in [4.69, 9.17) is 0 Å². The highest BCUT2D eigenvalue weighted by atomic mass is 31.0. The Morgan fingerprint density at radius 2 is 0.750 bits per heavy atom. The fourth-order valence-corrected chi connectivity index (χ4v) is 0. The molecular weight excluding hydrogens is 115 g/mol. The fraction of sp³-hybridized carbons (Fsp3) is 1.00. The highest BCUT2D eigenvalue weighted by Crippen LogP contribution is 1.56. The topological polar surface area (TPSA) is 0 Å². The van der Waals surface area contributed by atoms with Crippen molar-refractivity contribution in [3.8, 4) is 0 Å². The SMILES string of the molecule is CCC.CCC.CP. The molecule has 0 amide bonds. The first-order valence-electron chi connectivity index (χ1n) is 3.41. The summed E-state index contributed by atoms with van der Waals surface area (Å²) in [6, 6.07) is 0. The van der Waals surface area contributed by atoms with Crippen molar-refractivity contribution in [1.29, 1.82) is 0 Å². The molecule has 0 bridgehead atoms. The van der Waals surface area contributed by atoms with Gasteiger partial charge in [0.15, 0.2) is 0 Å². The van der Waals surface area contributed by atoms with Crippen molar-refractivity contribution in [3.05, 3.63) is 0 Å². The molecule has 0 rings (SSSR count). The van der Waals surface area contributed by atoms with Crippen molar-refractivity contribution in [1.82, 2.24) is 0 Å². The summed E-state index contributed by atoms with van der Waals surface area (Å²) in [6.07, 6.45) is 2.50. The first-order valence-corrected chi connectivity index (χ1v) is 4.56. The quantitative estimate of drug-likeness (QED) is 0.448. The van der Waals surface area contributed by atoms with Crippen molar-refractivity contribution in [3.63, 3.8) is 0 Å². The minimum Gasteiger partial charge on any atom is -0.141 e. The highest BCUT2D eigenvalue weighted by Gasteiger charge is 1.36. The van der Waals surface area contributed by atoms with E-state index in [1.807, 2.05) is 6.66 Å². The largest absolute Gasteiger partial charge is 0.141 e. The van der Waals surface area contributed by atoms with E-state index >= 15 is 0 Å². The first-order chi connectivity index (χ1) is 3.83. The molecular formula is C7H21P. The average molecular weight is 136 g/mol. The van der Waals surface area contributed by atoms with Crippen LogP contribution in [0.1, 0.15) is 40.5 Å².